The van der Waals surface area contributed by atoms with Gasteiger partial charge >= 0.3 is 0 Å². The van der Waals surface area contributed by atoms with E-state index < -0.39 is 10.0 Å². The molecule has 1 rings (SSSR count). The summed E-state index contributed by atoms with van der Waals surface area (Å²) < 4.78 is 31.1. The lowest BCUT2D eigenvalue weighted by atomic mass is 10.3. The molecule has 1 heterocycles. The molecule has 0 atom stereocenters. The van der Waals surface area contributed by atoms with Crippen molar-refractivity contribution in [3.8, 4) is 0 Å². The topological polar surface area (TPSA) is 85.3 Å². The highest BCUT2D eigenvalue weighted by atomic mass is 32.2. The Morgan fingerprint density at radius 2 is 2.18 bits per heavy atom. The Balaban J connectivity index is 2.45. The molecular formula is C10H18N2O3S2. The van der Waals surface area contributed by atoms with Crippen molar-refractivity contribution < 1.29 is 12.8 Å². The van der Waals surface area contributed by atoms with Crippen LogP contribution < -0.4 is 10.5 Å². The molecule has 1 aromatic heterocycles. The number of thioether (sulfide) groups is 1. The zero-order valence-electron chi connectivity index (χ0n) is 9.81. The van der Waals surface area contributed by atoms with Crippen molar-refractivity contribution >= 4 is 21.8 Å². The molecule has 0 fully saturated rings. The fourth-order valence-electron chi connectivity index (χ4n) is 1.26. The van der Waals surface area contributed by atoms with Gasteiger partial charge in [0, 0.05) is 6.54 Å². The molecule has 0 spiro atoms. The number of hydrogen-bond acceptors (Lipinski definition) is 5. The number of nitrogens with one attached hydrogen (secondary N) is 1. The molecule has 0 unspecified atom stereocenters. The largest absolute Gasteiger partial charge is 0.447 e. The molecule has 0 aliphatic carbocycles. The van der Waals surface area contributed by atoms with Gasteiger partial charge in [0.05, 0.1) is 6.54 Å². The summed E-state index contributed by atoms with van der Waals surface area (Å²) >= 11 is 1.75. The first-order valence-corrected chi connectivity index (χ1v) is 8.25. The van der Waals surface area contributed by atoms with Gasteiger partial charge in [0.25, 0.3) is 10.0 Å². The van der Waals surface area contributed by atoms with E-state index in [4.69, 9.17) is 10.2 Å². The van der Waals surface area contributed by atoms with E-state index in [-0.39, 0.29) is 11.6 Å². The Hall–Kier alpha value is -0.500. The maximum atomic E-state index is 11.7. The van der Waals surface area contributed by atoms with Crippen LogP contribution in [0, 0.1) is 0 Å². The summed E-state index contributed by atoms with van der Waals surface area (Å²) in [5.74, 6) is 1.51. The van der Waals surface area contributed by atoms with Crippen LogP contribution in [0.5, 0.6) is 0 Å². The van der Waals surface area contributed by atoms with E-state index >= 15 is 0 Å². The summed E-state index contributed by atoms with van der Waals surface area (Å²) in [6, 6.07) is 2.99. The molecule has 17 heavy (non-hydrogen) atoms. The number of hydrogen-bond donors (Lipinski definition) is 2. The summed E-state index contributed by atoms with van der Waals surface area (Å²) in [6.45, 7) is 0.630. The van der Waals surface area contributed by atoms with E-state index in [1.807, 2.05) is 6.26 Å². The van der Waals surface area contributed by atoms with Crippen molar-refractivity contribution in [3.63, 3.8) is 0 Å². The van der Waals surface area contributed by atoms with Gasteiger partial charge in [0.2, 0.25) is 5.09 Å². The first kappa shape index (κ1) is 14.6. The Morgan fingerprint density at radius 1 is 1.41 bits per heavy atom. The van der Waals surface area contributed by atoms with Gasteiger partial charge in [0.1, 0.15) is 5.76 Å². The Kier molecular flexibility index (Phi) is 6.04. The Labute approximate surface area is 106 Å². The van der Waals surface area contributed by atoms with Gasteiger partial charge in [-0.2, -0.15) is 11.8 Å². The molecule has 5 nitrogen and oxygen atoms in total. The van der Waals surface area contributed by atoms with Gasteiger partial charge in [0.15, 0.2) is 0 Å². The van der Waals surface area contributed by atoms with Crippen LogP contribution in [0.15, 0.2) is 21.6 Å². The normalized spacial score (nSPS) is 11.9. The molecule has 0 aromatic carbocycles. The predicted molar refractivity (Wildman–Crippen MR) is 69.4 cm³/mol. The molecule has 7 heteroatoms. The van der Waals surface area contributed by atoms with Crippen molar-refractivity contribution in [1.82, 2.24) is 4.72 Å². The minimum absolute atomic E-state index is 0.0668. The lowest BCUT2D eigenvalue weighted by Gasteiger charge is -2.03. The molecule has 0 saturated heterocycles. The van der Waals surface area contributed by atoms with Crippen LogP contribution >= 0.6 is 11.8 Å². The molecule has 0 amide bonds. The summed E-state index contributed by atoms with van der Waals surface area (Å²) in [5, 5.41) is -0.0668. The molecule has 1 aromatic rings. The zero-order valence-corrected chi connectivity index (χ0v) is 11.4. The van der Waals surface area contributed by atoms with Crippen LogP contribution in [-0.2, 0) is 16.6 Å². The highest BCUT2D eigenvalue weighted by Gasteiger charge is 2.17. The van der Waals surface area contributed by atoms with Gasteiger partial charge in [-0.3, -0.25) is 0 Å². The average Bonchev–Trinajstić information content (AvgIpc) is 2.78. The van der Waals surface area contributed by atoms with Crippen molar-refractivity contribution in [2.75, 3.05) is 18.6 Å². The predicted octanol–water partition coefficient (Wildman–Crippen LogP) is 1.16. The van der Waals surface area contributed by atoms with Gasteiger partial charge < -0.3 is 10.2 Å². The molecule has 0 radical (unpaired) electrons. The van der Waals surface area contributed by atoms with Crippen molar-refractivity contribution in [2.24, 2.45) is 5.73 Å². The Bertz CT molecular complexity index is 429. The van der Waals surface area contributed by atoms with Gasteiger partial charge in [-0.25, -0.2) is 13.1 Å². The van der Waals surface area contributed by atoms with Crippen molar-refractivity contribution in [1.29, 1.82) is 0 Å². The third-order valence-corrected chi connectivity index (χ3v) is 4.20. The fraction of sp³-hybridized carbons (Fsp3) is 0.600. The molecular weight excluding hydrogens is 260 g/mol. The SMILES string of the molecule is CSCCCCNS(=O)(=O)c1ccc(CN)o1. The van der Waals surface area contributed by atoms with E-state index in [0.29, 0.717) is 12.3 Å². The first-order valence-electron chi connectivity index (χ1n) is 5.37. The van der Waals surface area contributed by atoms with Crippen LogP contribution in [0.3, 0.4) is 0 Å². The molecule has 0 saturated carbocycles. The van der Waals surface area contributed by atoms with E-state index in [2.05, 4.69) is 4.72 Å². The van der Waals surface area contributed by atoms with Crippen LogP contribution in [0.25, 0.3) is 0 Å². The van der Waals surface area contributed by atoms with Crippen LogP contribution in [0.1, 0.15) is 18.6 Å². The van der Waals surface area contributed by atoms with Gasteiger partial charge in [-0.15, -0.1) is 0 Å². The zero-order chi connectivity index (χ0) is 12.7. The second-order valence-electron chi connectivity index (χ2n) is 3.52. The number of furan rings is 1. The third kappa shape index (κ3) is 4.71. The average molecular weight is 278 g/mol. The maximum absolute atomic E-state index is 11.7. The van der Waals surface area contributed by atoms with Crippen molar-refractivity contribution in [3.05, 3.63) is 17.9 Å². The minimum atomic E-state index is -3.52. The van der Waals surface area contributed by atoms with Gasteiger partial charge in [-0.1, -0.05) is 0 Å². The van der Waals surface area contributed by atoms with E-state index in [0.717, 1.165) is 18.6 Å². The number of nitrogens with two attached hydrogens (primary N) is 1. The van der Waals surface area contributed by atoms with Crippen LogP contribution in [0.4, 0.5) is 0 Å². The van der Waals surface area contributed by atoms with E-state index in [1.54, 1.807) is 17.8 Å². The number of unbranched alkanes of at least 4 members (excludes halogenated alkanes) is 1. The molecule has 0 bridgehead atoms. The molecule has 98 valence electrons. The quantitative estimate of drug-likeness (QED) is 0.697. The molecule has 0 aliphatic rings. The fourth-order valence-corrected chi connectivity index (χ4v) is 2.77. The highest BCUT2D eigenvalue weighted by Crippen LogP contribution is 2.13. The Morgan fingerprint density at radius 3 is 2.76 bits per heavy atom. The maximum Gasteiger partial charge on any atom is 0.273 e. The highest BCUT2D eigenvalue weighted by molar-refractivity contribution is 7.98. The summed E-state index contributed by atoms with van der Waals surface area (Å²) in [6.07, 6.45) is 3.85. The lowest BCUT2D eigenvalue weighted by molar-refractivity contribution is 0.412. The summed E-state index contributed by atoms with van der Waals surface area (Å²) in [7, 11) is -3.52. The first-order chi connectivity index (χ1) is 8.10. The molecule has 3 N–H and O–H groups in total. The smallest absolute Gasteiger partial charge is 0.273 e. The van der Waals surface area contributed by atoms with E-state index in [1.165, 1.54) is 6.07 Å². The lowest BCUT2D eigenvalue weighted by Crippen LogP contribution is -2.24. The molecule has 0 aliphatic heterocycles. The second-order valence-corrected chi connectivity index (χ2v) is 6.21. The summed E-state index contributed by atoms with van der Waals surface area (Å²) in [5.41, 5.74) is 5.35. The number of rotatable bonds is 8. The standard InChI is InChI=1S/C10H18N2O3S2/c1-16-7-3-2-6-12-17(13,14)10-5-4-9(8-11)15-10/h4-5,12H,2-3,6-8,11H2,1H3. The second kappa shape index (κ2) is 7.05. The monoisotopic (exact) mass is 278 g/mol. The third-order valence-electron chi connectivity index (χ3n) is 2.17. The summed E-state index contributed by atoms with van der Waals surface area (Å²) in [4.78, 5) is 0. The van der Waals surface area contributed by atoms with Crippen molar-refractivity contribution in [2.45, 2.75) is 24.5 Å². The van der Waals surface area contributed by atoms with Gasteiger partial charge in [-0.05, 0) is 37.0 Å². The van der Waals surface area contributed by atoms with Crippen LogP contribution in [-0.4, -0.2) is 27.0 Å². The van der Waals surface area contributed by atoms with Crippen LogP contribution in [0.2, 0.25) is 0 Å². The number of sulfonamides is 1. The van der Waals surface area contributed by atoms with E-state index in [9.17, 15) is 8.42 Å². The minimum Gasteiger partial charge on any atom is -0.447 e.